The fraction of sp³-hybridized carbons (Fsp3) is 0.417. The van der Waals surface area contributed by atoms with E-state index in [0.717, 1.165) is 18.2 Å². The van der Waals surface area contributed by atoms with Gasteiger partial charge < -0.3 is 4.90 Å². The van der Waals surface area contributed by atoms with Crippen LogP contribution < -0.4 is 0 Å². The van der Waals surface area contributed by atoms with Gasteiger partial charge in [0.2, 0.25) is 0 Å². The van der Waals surface area contributed by atoms with E-state index in [9.17, 15) is 23.3 Å². The van der Waals surface area contributed by atoms with Crippen molar-refractivity contribution in [3.8, 4) is 0 Å². The molecule has 7 nitrogen and oxygen atoms in total. The molecule has 0 saturated heterocycles. The van der Waals surface area contributed by atoms with Gasteiger partial charge in [-0.05, 0) is 19.4 Å². The van der Waals surface area contributed by atoms with Gasteiger partial charge in [-0.3, -0.25) is 14.9 Å². The third-order valence-corrected chi connectivity index (χ3v) is 4.19. The quantitative estimate of drug-likeness (QED) is 0.452. The average Bonchev–Trinajstić information content (AvgIpc) is 2.42. The van der Waals surface area contributed by atoms with Gasteiger partial charge in [-0.15, -0.1) is 0 Å². The monoisotopic (exact) mass is 334 g/mol. The van der Waals surface area contributed by atoms with Crippen LogP contribution in [0.5, 0.6) is 0 Å². The SMILES string of the molecule is CCCN(CC)C(=O)c1ccc([N+](=O)[O-])cc1S(=O)(=O)Cl. The van der Waals surface area contributed by atoms with Crippen molar-refractivity contribution in [1.82, 2.24) is 4.90 Å². The summed E-state index contributed by atoms with van der Waals surface area (Å²) in [4.78, 5) is 23.2. The van der Waals surface area contributed by atoms with Crippen molar-refractivity contribution in [2.45, 2.75) is 25.2 Å². The van der Waals surface area contributed by atoms with Crippen LogP contribution in [0.15, 0.2) is 23.1 Å². The molecule has 0 radical (unpaired) electrons. The molecule has 21 heavy (non-hydrogen) atoms. The predicted octanol–water partition coefficient (Wildman–Crippen LogP) is 2.39. The fourth-order valence-electron chi connectivity index (χ4n) is 1.85. The predicted molar refractivity (Wildman–Crippen MR) is 78.0 cm³/mol. The summed E-state index contributed by atoms with van der Waals surface area (Å²) in [6.45, 7) is 4.48. The van der Waals surface area contributed by atoms with E-state index < -0.39 is 30.5 Å². The van der Waals surface area contributed by atoms with E-state index in [4.69, 9.17) is 10.7 Å². The maximum atomic E-state index is 12.3. The summed E-state index contributed by atoms with van der Waals surface area (Å²) in [6.07, 6.45) is 0.704. The largest absolute Gasteiger partial charge is 0.339 e. The Morgan fingerprint density at radius 2 is 2.00 bits per heavy atom. The van der Waals surface area contributed by atoms with Crippen LogP contribution in [0.25, 0.3) is 0 Å². The summed E-state index contributed by atoms with van der Waals surface area (Å²) in [6, 6.07) is 3.00. The molecular formula is C12H15ClN2O5S. The fourth-order valence-corrected chi connectivity index (χ4v) is 2.91. The van der Waals surface area contributed by atoms with Gasteiger partial charge in [-0.25, -0.2) is 8.42 Å². The van der Waals surface area contributed by atoms with Crippen molar-refractivity contribution >= 4 is 31.3 Å². The van der Waals surface area contributed by atoms with Gasteiger partial charge in [0.15, 0.2) is 0 Å². The molecule has 0 spiro atoms. The highest BCUT2D eigenvalue weighted by atomic mass is 35.7. The summed E-state index contributed by atoms with van der Waals surface area (Å²) in [5, 5.41) is 10.7. The van der Waals surface area contributed by atoms with Crippen LogP contribution in [0, 0.1) is 10.1 Å². The second-order valence-electron chi connectivity index (χ2n) is 4.26. The Bertz CT molecular complexity index is 660. The minimum absolute atomic E-state index is 0.161. The van der Waals surface area contributed by atoms with E-state index in [1.807, 2.05) is 6.92 Å². The molecule has 1 aromatic carbocycles. The first-order chi connectivity index (χ1) is 9.72. The highest BCUT2D eigenvalue weighted by Crippen LogP contribution is 2.26. The third-order valence-electron chi connectivity index (χ3n) is 2.83. The molecule has 0 atom stereocenters. The Balaban J connectivity index is 3.42. The Morgan fingerprint density at radius 3 is 2.43 bits per heavy atom. The van der Waals surface area contributed by atoms with E-state index in [-0.39, 0.29) is 5.56 Å². The lowest BCUT2D eigenvalue weighted by atomic mass is 10.1. The van der Waals surface area contributed by atoms with Gasteiger partial charge in [0.25, 0.3) is 20.6 Å². The van der Waals surface area contributed by atoms with Gasteiger partial charge in [-0.1, -0.05) is 6.92 Å². The van der Waals surface area contributed by atoms with Crippen LogP contribution in [-0.2, 0) is 9.05 Å². The molecule has 1 rings (SSSR count). The zero-order valence-electron chi connectivity index (χ0n) is 11.6. The van der Waals surface area contributed by atoms with Crippen LogP contribution in [0.3, 0.4) is 0 Å². The van der Waals surface area contributed by atoms with Gasteiger partial charge in [-0.2, -0.15) is 0 Å². The van der Waals surface area contributed by atoms with Gasteiger partial charge >= 0.3 is 0 Å². The van der Waals surface area contributed by atoms with E-state index in [1.165, 1.54) is 4.90 Å². The number of amides is 1. The average molecular weight is 335 g/mol. The summed E-state index contributed by atoms with van der Waals surface area (Å²) < 4.78 is 23.1. The van der Waals surface area contributed by atoms with Gasteiger partial charge in [0.1, 0.15) is 4.90 Å². The lowest BCUT2D eigenvalue weighted by Gasteiger charge is -2.21. The smallest absolute Gasteiger partial charge is 0.270 e. The molecule has 116 valence electrons. The number of nitrogens with zero attached hydrogens (tertiary/aromatic N) is 2. The number of benzene rings is 1. The Kier molecular flexibility index (Phi) is 5.68. The first kappa shape index (κ1) is 17.4. The third kappa shape index (κ3) is 4.15. The molecule has 0 aliphatic heterocycles. The first-order valence-corrected chi connectivity index (χ1v) is 8.55. The van der Waals surface area contributed by atoms with Crippen molar-refractivity contribution in [3.63, 3.8) is 0 Å². The van der Waals surface area contributed by atoms with E-state index in [2.05, 4.69) is 0 Å². The number of carbonyl (C=O) groups excluding carboxylic acids is 1. The molecular weight excluding hydrogens is 320 g/mol. The molecule has 0 aromatic heterocycles. The number of non-ortho nitro benzene ring substituents is 1. The molecule has 0 heterocycles. The Morgan fingerprint density at radius 1 is 1.38 bits per heavy atom. The molecule has 0 bridgehead atoms. The highest BCUT2D eigenvalue weighted by molar-refractivity contribution is 8.13. The first-order valence-electron chi connectivity index (χ1n) is 6.24. The number of halogens is 1. The maximum Gasteiger partial charge on any atom is 0.270 e. The summed E-state index contributed by atoms with van der Waals surface area (Å²) in [5.74, 6) is -0.520. The molecule has 0 unspecified atom stereocenters. The second-order valence-corrected chi connectivity index (χ2v) is 6.79. The lowest BCUT2D eigenvalue weighted by molar-refractivity contribution is -0.385. The standard InChI is InChI=1S/C12H15ClN2O5S/c1-3-7-14(4-2)12(16)10-6-5-9(15(17)18)8-11(10)21(13,19)20/h5-6,8H,3-4,7H2,1-2H3. The van der Waals surface area contributed by atoms with Crippen LogP contribution in [0.4, 0.5) is 5.69 Å². The van der Waals surface area contributed by atoms with Crippen molar-refractivity contribution in [2.24, 2.45) is 0 Å². The van der Waals surface area contributed by atoms with E-state index in [1.54, 1.807) is 6.92 Å². The molecule has 1 aromatic rings. The minimum atomic E-state index is -4.27. The Labute approximate surface area is 127 Å². The number of rotatable bonds is 6. The Hall–Kier alpha value is -1.67. The number of nitro benzene ring substituents is 1. The van der Waals surface area contributed by atoms with Crippen LogP contribution >= 0.6 is 10.7 Å². The van der Waals surface area contributed by atoms with E-state index in [0.29, 0.717) is 19.5 Å². The molecule has 1 amide bonds. The van der Waals surface area contributed by atoms with Crippen molar-refractivity contribution in [3.05, 3.63) is 33.9 Å². The summed E-state index contributed by atoms with van der Waals surface area (Å²) in [5.41, 5.74) is -0.602. The molecule has 0 saturated carbocycles. The molecule has 0 aliphatic carbocycles. The maximum absolute atomic E-state index is 12.3. The van der Waals surface area contributed by atoms with Gasteiger partial charge in [0.05, 0.1) is 10.5 Å². The number of carbonyl (C=O) groups is 1. The molecule has 0 fully saturated rings. The van der Waals surface area contributed by atoms with Crippen LogP contribution in [0.2, 0.25) is 0 Å². The van der Waals surface area contributed by atoms with Crippen molar-refractivity contribution in [1.29, 1.82) is 0 Å². The van der Waals surface area contributed by atoms with Crippen molar-refractivity contribution in [2.75, 3.05) is 13.1 Å². The van der Waals surface area contributed by atoms with E-state index >= 15 is 0 Å². The van der Waals surface area contributed by atoms with Crippen LogP contribution in [0.1, 0.15) is 30.6 Å². The topological polar surface area (TPSA) is 97.6 Å². The second kappa shape index (κ2) is 6.86. The summed E-state index contributed by atoms with van der Waals surface area (Å²) in [7, 11) is 1.02. The molecule has 0 aliphatic rings. The van der Waals surface area contributed by atoms with Gasteiger partial charge in [0, 0.05) is 35.9 Å². The normalized spacial score (nSPS) is 11.2. The molecule has 0 N–H and O–H groups in total. The molecule has 9 heteroatoms. The van der Waals surface area contributed by atoms with Crippen LogP contribution in [-0.4, -0.2) is 37.2 Å². The number of nitro groups is 1. The highest BCUT2D eigenvalue weighted by Gasteiger charge is 2.26. The number of hydrogen-bond donors (Lipinski definition) is 0. The summed E-state index contributed by atoms with van der Waals surface area (Å²) >= 11 is 0. The lowest BCUT2D eigenvalue weighted by Crippen LogP contribution is -2.32. The van der Waals surface area contributed by atoms with Crippen molar-refractivity contribution < 1.29 is 18.1 Å². The minimum Gasteiger partial charge on any atom is -0.339 e. The zero-order chi connectivity index (χ0) is 16.2. The zero-order valence-corrected chi connectivity index (χ0v) is 13.1. The number of hydrogen-bond acceptors (Lipinski definition) is 5.